The van der Waals surface area contributed by atoms with Crippen LogP contribution in [0.2, 0.25) is 0 Å². The summed E-state index contributed by atoms with van der Waals surface area (Å²) in [6.07, 6.45) is 0. The zero-order valence-electron chi connectivity index (χ0n) is 13.5. The van der Waals surface area contributed by atoms with Crippen molar-refractivity contribution in [2.24, 2.45) is 0 Å². The molecular formula is C17H28N2. The van der Waals surface area contributed by atoms with Gasteiger partial charge in [-0.1, -0.05) is 27.7 Å². The Morgan fingerprint density at radius 1 is 1.21 bits per heavy atom. The standard InChI is InChI=1S/C15H22N2.C2H6/c1-6-17-14-8-7-12(16-5)9-13(14)11(4)15(17)10(2)3;1-2/h7-10,16H,6H2,1-5H3;1-2H3. The molecule has 0 radical (unpaired) electrons. The summed E-state index contributed by atoms with van der Waals surface area (Å²) in [6.45, 7) is 14.0. The third-order valence-corrected chi connectivity index (χ3v) is 3.52. The van der Waals surface area contributed by atoms with Gasteiger partial charge in [0.05, 0.1) is 0 Å². The highest BCUT2D eigenvalue weighted by molar-refractivity contribution is 5.88. The molecule has 1 aromatic carbocycles. The van der Waals surface area contributed by atoms with Gasteiger partial charge in [0.1, 0.15) is 0 Å². The van der Waals surface area contributed by atoms with Gasteiger partial charge in [0.2, 0.25) is 0 Å². The second-order valence-electron chi connectivity index (χ2n) is 4.89. The third kappa shape index (κ3) is 2.78. The van der Waals surface area contributed by atoms with Crippen LogP contribution in [0.5, 0.6) is 0 Å². The molecule has 0 spiro atoms. The number of rotatable bonds is 3. The minimum atomic E-state index is 0.570. The summed E-state index contributed by atoms with van der Waals surface area (Å²) < 4.78 is 2.44. The molecule has 0 fully saturated rings. The van der Waals surface area contributed by atoms with Crippen molar-refractivity contribution in [2.45, 2.75) is 54.0 Å². The Balaban J connectivity index is 0.000000861. The minimum absolute atomic E-state index is 0.570. The predicted octanol–water partition coefficient (Wildman–Crippen LogP) is 5.16. The summed E-state index contributed by atoms with van der Waals surface area (Å²) in [6, 6.07) is 6.63. The van der Waals surface area contributed by atoms with Crippen LogP contribution in [-0.2, 0) is 6.54 Å². The Morgan fingerprint density at radius 3 is 2.32 bits per heavy atom. The maximum atomic E-state index is 3.21. The van der Waals surface area contributed by atoms with Crippen LogP contribution in [0.15, 0.2) is 18.2 Å². The van der Waals surface area contributed by atoms with Crippen LogP contribution in [0.4, 0.5) is 5.69 Å². The molecule has 106 valence electrons. The van der Waals surface area contributed by atoms with Crippen LogP contribution in [0.25, 0.3) is 10.9 Å². The largest absolute Gasteiger partial charge is 0.388 e. The summed E-state index contributed by atoms with van der Waals surface area (Å²) >= 11 is 0. The Hall–Kier alpha value is -1.44. The van der Waals surface area contributed by atoms with Gasteiger partial charge in [-0.05, 0) is 43.5 Å². The van der Waals surface area contributed by atoms with Crippen LogP contribution in [-0.4, -0.2) is 11.6 Å². The Labute approximate surface area is 117 Å². The zero-order valence-corrected chi connectivity index (χ0v) is 13.5. The molecule has 0 amide bonds. The van der Waals surface area contributed by atoms with Gasteiger partial charge >= 0.3 is 0 Å². The van der Waals surface area contributed by atoms with Crippen LogP contribution >= 0.6 is 0 Å². The lowest BCUT2D eigenvalue weighted by atomic mass is 10.0. The number of anilines is 1. The normalized spacial score (nSPS) is 10.5. The monoisotopic (exact) mass is 260 g/mol. The molecule has 0 saturated carbocycles. The Bertz CT molecular complexity index is 536. The molecule has 0 aliphatic rings. The van der Waals surface area contributed by atoms with Crippen LogP contribution < -0.4 is 5.32 Å². The van der Waals surface area contributed by atoms with Crippen molar-refractivity contribution >= 4 is 16.6 Å². The van der Waals surface area contributed by atoms with Gasteiger partial charge in [0, 0.05) is 35.9 Å². The number of nitrogens with zero attached hydrogens (tertiary/aromatic N) is 1. The summed E-state index contributed by atoms with van der Waals surface area (Å²) in [5.74, 6) is 0.570. The molecule has 2 heteroatoms. The van der Waals surface area contributed by atoms with Crippen LogP contribution in [0.3, 0.4) is 0 Å². The van der Waals surface area contributed by atoms with Crippen molar-refractivity contribution in [1.82, 2.24) is 4.57 Å². The molecule has 1 N–H and O–H groups in total. The van der Waals surface area contributed by atoms with Crippen LogP contribution in [0.1, 0.15) is 51.8 Å². The first-order valence-corrected chi connectivity index (χ1v) is 7.40. The first-order chi connectivity index (χ1) is 9.10. The summed E-state index contributed by atoms with van der Waals surface area (Å²) in [4.78, 5) is 0. The fourth-order valence-corrected chi connectivity index (χ4v) is 2.78. The van der Waals surface area contributed by atoms with Crippen molar-refractivity contribution in [3.05, 3.63) is 29.5 Å². The number of benzene rings is 1. The average Bonchev–Trinajstić information content (AvgIpc) is 2.73. The first kappa shape index (κ1) is 15.6. The molecule has 0 saturated heterocycles. The third-order valence-electron chi connectivity index (χ3n) is 3.52. The van der Waals surface area contributed by atoms with E-state index >= 15 is 0 Å². The van der Waals surface area contributed by atoms with E-state index in [0.717, 1.165) is 6.54 Å². The molecular weight excluding hydrogens is 232 g/mol. The molecule has 0 aliphatic carbocycles. The Morgan fingerprint density at radius 2 is 1.84 bits per heavy atom. The molecule has 1 heterocycles. The molecule has 0 atom stereocenters. The quantitative estimate of drug-likeness (QED) is 0.806. The van der Waals surface area contributed by atoms with Crippen molar-refractivity contribution in [2.75, 3.05) is 12.4 Å². The van der Waals surface area contributed by atoms with Gasteiger partial charge in [0.25, 0.3) is 0 Å². The van der Waals surface area contributed by atoms with E-state index in [1.165, 1.54) is 27.8 Å². The second kappa shape index (κ2) is 6.65. The highest BCUT2D eigenvalue weighted by Crippen LogP contribution is 2.32. The molecule has 2 rings (SSSR count). The van der Waals surface area contributed by atoms with Gasteiger partial charge in [0.15, 0.2) is 0 Å². The van der Waals surface area contributed by atoms with Gasteiger partial charge in [-0.25, -0.2) is 0 Å². The van der Waals surface area contributed by atoms with Gasteiger partial charge in [-0.2, -0.15) is 0 Å². The summed E-state index contributed by atoms with van der Waals surface area (Å²) in [5, 5.41) is 4.59. The van der Waals surface area contributed by atoms with E-state index in [1.807, 2.05) is 20.9 Å². The van der Waals surface area contributed by atoms with Crippen molar-refractivity contribution < 1.29 is 0 Å². The van der Waals surface area contributed by atoms with E-state index in [0.29, 0.717) is 5.92 Å². The molecule has 19 heavy (non-hydrogen) atoms. The number of fused-ring (bicyclic) bond motifs is 1. The molecule has 0 unspecified atom stereocenters. The predicted molar refractivity (Wildman–Crippen MR) is 87.3 cm³/mol. The molecule has 2 nitrogen and oxygen atoms in total. The van der Waals surface area contributed by atoms with Gasteiger partial charge < -0.3 is 9.88 Å². The average molecular weight is 260 g/mol. The van der Waals surface area contributed by atoms with Crippen molar-refractivity contribution in [1.29, 1.82) is 0 Å². The first-order valence-electron chi connectivity index (χ1n) is 7.40. The highest BCUT2D eigenvalue weighted by atomic mass is 15.0. The lowest BCUT2D eigenvalue weighted by molar-refractivity contribution is 0.686. The SMILES string of the molecule is CC.CCn1c(C(C)C)c(C)c2cc(NC)ccc21. The van der Waals surface area contributed by atoms with E-state index in [4.69, 9.17) is 0 Å². The van der Waals surface area contributed by atoms with E-state index in [9.17, 15) is 0 Å². The van der Waals surface area contributed by atoms with E-state index in [1.54, 1.807) is 0 Å². The van der Waals surface area contributed by atoms with E-state index in [-0.39, 0.29) is 0 Å². The number of hydrogen-bond acceptors (Lipinski definition) is 1. The summed E-state index contributed by atoms with van der Waals surface area (Å²) in [7, 11) is 1.97. The fraction of sp³-hybridized carbons (Fsp3) is 0.529. The number of nitrogens with one attached hydrogen (secondary N) is 1. The zero-order chi connectivity index (χ0) is 14.6. The maximum Gasteiger partial charge on any atom is 0.0486 e. The van der Waals surface area contributed by atoms with E-state index < -0.39 is 0 Å². The lowest BCUT2D eigenvalue weighted by Crippen LogP contribution is -2.03. The van der Waals surface area contributed by atoms with Crippen LogP contribution in [0, 0.1) is 6.92 Å². The minimum Gasteiger partial charge on any atom is -0.388 e. The van der Waals surface area contributed by atoms with E-state index in [2.05, 4.69) is 55.8 Å². The maximum absolute atomic E-state index is 3.21. The smallest absolute Gasteiger partial charge is 0.0486 e. The molecule has 1 aromatic heterocycles. The number of hydrogen-bond donors (Lipinski definition) is 1. The van der Waals surface area contributed by atoms with Crippen molar-refractivity contribution in [3.63, 3.8) is 0 Å². The van der Waals surface area contributed by atoms with Gasteiger partial charge in [-0.3, -0.25) is 0 Å². The highest BCUT2D eigenvalue weighted by Gasteiger charge is 2.15. The molecule has 0 aliphatic heterocycles. The fourth-order valence-electron chi connectivity index (χ4n) is 2.78. The molecule has 0 bridgehead atoms. The number of aryl methyl sites for hydroxylation is 2. The lowest BCUT2D eigenvalue weighted by Gasteiger charge is -2.11. The second-order valence-corrected chi connectivity index (χ2v) is 4.89. The number of aromatic nitrogens is 1. The summed E-state index contributed by atoms with van der Waals surface area (Å²) in [5.41, 5.74) is 5.43. The molecule has 2 aromatic rings. The van der Waals surface area contributed by atoms with Crippen molar-refractivity contribution in [3.8, 4) is 0 Å². The Kier molecular flexibility index (Phi) is 5.46. The van der Waals surface area contributed by atoms with Gasteiger partial charge in [-0.15, -0.1) is 0 Å². The topological polar surface area (TPSA) is 17.0 Å².